The first-order chi connectivity index (χ1) is 17.7. The van der Waals surface area contributed by atoms with Gasteiger partial charge in [-0.1, -0.05) is 30.4 Å². The zero-order chi connectivity index (χ0) is 24.2. The number of aromatic amines is 1. The Balaban J connectivity index is 1.53. The average Bonchev–Trinajstić information content (AvgIpc) is 3.56. The van der Waals surface area contributed by atoms with Gasteiger partial charge in [0, 0.05) is 11.1 Å². The lowest BCUT2D eigenvalue weighted by Crippen LogP contribution is -2.02. The number of aryl methyl sites for hydroxylation is 1. The molecule has 1 aromatic heterocycles. The number of methoxy groups -OCH3 is 2. The summed E-state index contributed by atoms with van der Waals surface area (Å²) in [6.45, 7) is 0.264. The summed E-state index contributed by atoms with van der Waals surface area (Å²) in [4.78, 5) is 7.58. The molecule has 0 radical (unpaired) electrons. The molecule has 36 heavy (non-hydrogen) atoms. The molecule has 1 aliphatic heterocycles. The third-order valence-electron chi connectivity index (χ3n) is 7.17. The maximum Gasteiger partial charge on any atom is 0.231 e. The number of hydrogen-bond acceptors (Lipinski definition) is 5. The van der Waals surface area contributed by atoms with E-state index in [4.69, 9.17) is 18.9 Å². The molecule has 2 heterocycles. The number of aromatic nitrogens is 2. The molecule has 1 N–H and O–H groups in total. The van der Waals surface area contributed by atoms with Crippen LogP contribution in [0.15, 0.2) is 60.9 Å². The molecule has 6 heteroatoms. The van der Waals surface area contributed by atoms with Crippen molar-refractivity contribution in [2.24, 2.45) is 0 Å². The third-order valence-corrected chi connectivity index (χ3v) is 7.17. The van der Waals surface area contributed by atoms with E-state index in [-0.39, 0.29) is 6.79 Å². The van der Waals surface area contributed by atoms with Crippen molar-refractivity contribution in [2.45, 2.75) is 12.8 Å². The second-order valence-electron chi connectivity index (χ2n) is 9.05. The second kappa shape index (κ2) is 8.05. The quantitative estimate of drug-likeness (QED) is 0.312. The first kappa shape index (κ1) is 20.9. The van der Waals surface area contributed by atoms with Gasteiger partial charge in [0.1, 0.15) is 0 Å². The van der Waals surface area contributed by atoms with Gasteiger partial charge in [0.2, 0.25) is 6.79 Å². The van der Waals surface area contributed by atoms with Crippen LogP contribution in [0.5, 0.6) is 23.0 Å². The van der Waals surface area contributed by atoms with Gasteiger partial charge < -0.3 is 23.9 Å². The van der Waals surface area contributed by atoms with Crippen LogP contribution in [0.1, 0.15) is 17.5 Å². The van der Waals surface area contributed by atoms with Crippen molar-refractivity contribution in [3.8, 4) is 45.3 Å². The molecule has 4 aromatic carbocycles. The Morgan fingerprint density at radius 3 is 2.58 bits per heavy atom. The van der Waals surface area contributed by atoms with E-state index >= 15 is 0 Å². The maximum absolute atomic E-state index is 6.00. The topological polar surface area (TPSA) is 65.6 Å². The van der Waals surface area contributed by atoms with Crippen LogP contribution in [0.25, 0.3) is 50.1 Å². The number of nitrogens with one attached hydrogen (secondary N) is 1. The van der Waals surface area contributed by atoms with Crippen LogP contribution in [-0.2, 0) is 6.42 Å². The van der Waals surface area contributed by atoms with Gasteiger partial charge in [-0.15, -0.1) is 0 Å². The molecule has 0 atom stereocenters. The van der Waals surface area contributed by atoms with E-state index in [1.54, 1.807) is 20.5 Å². The summed E-state index contributed by atoms with van der Waals surface area (Å²) in [6, 6.07) is 17.0. The summed E-state index contributed by atoms with van der Waals surface area (Å²) in [7, 11) is 3.40. The lowest BCUT2D eigenvalue weighted by molar-refractivity contribution is 0.174. The van der Waals surface area contributed by atoms with E-state index in [0.29, 0.717) is 5.75 Å². The molecule has 0 amide bonds. The van der Waals surface area contributed by atoms with Gasteiger partial charge in [0.05, 0.1) is 31.6 Å². The summed E-state index contributed by atoms with van der Waals surface area (Å²) < 4.78 is 23.3. The molecule has 178 valence electrons. The van der Waals surface area contributed by atoms with Gasteiger partial charge in [-0.2, -0.15) is 0 Å². The normalized spacial score (nSPS) is 14.7. The molecule has 0 saturated carbocycles. The van der Waals surface area contributed by atoms with E-state index in [0.717, 1.165) is 68.8 Å². The Hall–Kier alpha value is -4.45. The van der Waals surface area contributed by atoms with Crippen LogP contribution in [0.4, 0.5) is 0 Å². The van der Waals surface area contributed by atoms with Crippen molar-refractivity contribution >= 4 is 27.9 Å². The average molecular weight is 477 g/mol. The number of nitrogens with zero attached hydrogens (tertiary/aromatic N) is 1. The summed E-state index contributed by atoms with van der Waals surface area (Å²) >= 11 is 0. The van der Waals surface area contributed by atoms with Gasteiger partial charge in [0.25, 0.3) is 0 Å². The molecule has 0 spiro atoms. The van der Waals surface area contributed by atoms with Crippen molar-refractivity contribution in [2.75, 3.05) is 21.0 Å². The zero-order valence-corrected chi connectivity index (χ0v) is 20.1. The fourth-order valence-corrected chi connectivity index (χ4v) is 5.49. The summed E-state index contributed by atoms with van der Waals surface area (Å²) in [5.41, 5.74) is 8.50. The van der Waals surface area contributed by atoms with Crippen molar-refractivity contribution in [1.82, 2.24) is 9.97 Å². The molecule has 1 aliphatic carbocycles. The molecule has 2 aliphatic rings. The largest absolute Gasteiger partial charge is 0.492 e. The lowest BCUT2D eigenvalue weighted by Gasteiger charge is -2.23. The van der Waals surface area contributed by atoms with Gasteiger partial charge in [-0.3, -0.25) is 0 Å². The molecular formula is C30H24N2O4. The number of hydrogen-bond donors (Lipinski definition) is 1. The molecule has 6 nitrogen and oxygen atoms in total. The van der Waals surface area contributed by atoms with Crippen LogP contribution in [0, 0.1) is 0 Å². The fraction of sp³-hybridized carbons (Fsp3) is 0.167. The number of imidazole rings is 1. The summed E-state index contributed by atoms with van der Waals surface area (Å²) in [6.07, 6.45) is 7.93. The minimum absolute atomic E-state index is 0.264. The predicted octanol–water partition coefficient (Wildman–Crippen LogP) is 6.76. The van der Waals surface area contributed by atoms with Crippen LogP contribution in [0.3, 0.4) is 0 Å². The van der Waals surface area contributed by atoms with Crippen molar-refractivity contribution in [3.63, 3.8) is 0 Å². The first-order valence-corrected chi connectivity index (χ1v) is 12.0. The third kappa shape index (κ3) is 3.07. The second-order valence-corrected chi connectivity index (χ2v) is 9.05. The SMILES string of the molecule is COc1c(-c2ccc3nc[nH]c3c2)cc2c(c1OC)/C=C\CCc1c-2ccc2cc3c(cc12)OCO3. The summed E-state index contributed by atoms with van der Waals surface area (Å²) in [5.74, 6) is 3.04. The summed E-state index contributed by atoms with van der Waals surface area (Å²) in [5, 5.41) is 2.34. The molecule has 5 aromatic rings. The smallest absolute Gasteiger partial charge is 0.231 e. The van der Waals surface area contributed by atoms with E-state index < -0.39 is 0 Å². The maximum atomic E-state index is 6.00. The molecular weight excluding hydrogens is 452 g/mol. The molecule has 7 rings (SSSR count). The van der Waals surface area contributed by atoms with Crippen LogP contribution in [0.2, 0.25) is 0 Å². The van der Waals surface area contributed by atoms with Gasteiger partial charge in [-0.25, -0.2) is 4.98 Å². The lowest BCUT2D eigenvalue weighted by atomic mass is 9.85. The molecule has 0 unspecified atom stereocenters. The van der Waals surface area contributed by atoms with Crippen molar-refractivity contribution in [3.05, 3.63) is 72.1 Å². The Morgan fingerprint density at radius 2 is 1.72 bits per heavy atom. The van der Waals surface area contributed by atoms with Crippen LogP contribution >= 0.6 is 0 Å². The van der Waals surface area contributed by atoms with Gasteiger partial charge >= 0.3 is 0 Å². The van der Waals surface area contributed by atoms with E-state index in [1.165, 1.54) is 16.5 Å². The zero-order valence-electron chi connectivity index (χ0n) is 20.1. The predicted molar refractivity (Wildman–Crippen MR) is 141 cm³/mol. The molecule has 0 fully saturated rings. The highest BCUT2D eigenvalue weighted by atomic mass is 16.7. The minimum atomic E-state index is 0.264. The number of benzene rings is 4. The molecule has 0 bridgehead atoms. The van der Waals surface area contributed by atoms with Crippen molar-refractivity contribution < 1.29 is 18.9 Å². The van der Waals surface area contributed by atoms with Crippen molar-refractivity contribution in [1.29, 1.82) is 0 Å². The Bertz CT molecular complexity index is 1700. The number of H-pyrrole nitrogens is 1. The van der Waals surface area contributed by atoms with Gasteiger partial charge in [0.15, 0.2) is 23.0 Å². The first-order valence-electron chi connectivity index (χ1n) is 12.0. The number of fused-ring (bicyclic) bond motifs is 7. The number of ether oxygens (including phenoxy) is 4. The number of rotatable bonds is 3. The standard InChI is InChI=1S/C30H24N2O4/c1-33-29-21-6-4-3-5-19-20(9-7-18-12-27-28(14-22(18)19)36-16-35-27)24(21)13-23(30(29)34-2)17-8-10-25-26(11-17)32-15-31-25/h4,6-15H,3,5,16H2,1-2H3,(H,31,32)/b6-4-. The Labute approximate surface area is 208 Å². The Kier molecular flexibility index (Phi) is 4.67. The minimum Gasteiger partial charge on any atom is -0.492 e. The van der Waals surface area contributed by atoms with E-state index in [2.05, 4.69) is 64.6 Å². The fourth-order valence-electron chi connectivity index (χ4n) is 5.49. The highest BCUT2D eigenvalue weighted by molar-refractivity contribution is 5.98. The number of allylic oxidation sites excluding steroid dienone is 1. The van der Waals surface area contributed by atoms with Crippen LogP contribution < -0.4 is 18.9 Å². The molecule has 0 saturated heterocycles. The van der Waals surface area contributed by atoms with Crippen LogP contribution in [-0.4, -0.2) is 31.0 Å². The van der Waals surface area contributed by atoms with E-state index in [9.17, 15) is 0 Å². The highest BCUT2D eigenvalue weighted by Gasteiger charge is 2.24. The Morgan fingerprint density at radius 1 is 0.861 bits per heavy atom. The van der Waals surface area contributed by atoms with E-state index in [1.807, 2.05) is 6.07 Å². The van der Waals surface area contributed by atoms with Gasteiger partial charge in [-0.05, 0) is 76.2 Å². The highest BCUT2D eigenvalue weighted by Crippen LogP contribution is 2.49. The monoisotopic (exact) mass is 476 g/mol.